The average Bonchev–Trinajstić information content (AvgIpc) is 3.10. The number of aromatic nitrogens is 1. The summed E-state index contributed by atoms with van der Waals surface area (Å²) in [6, 6.07) is 7.97. The molecule has 35 heavy (non-hydrogen) atoms. The van der Waals surface area contributed by atoms with E-state index in [9.17, 15) is 14.4 Å². The van der Waals surface area contributed by atoms with Crippen LogP contribution in [-0.2, 0) is 34.3 Å². The minimum Gasteiger partial charge on any atom is -0.353 e. The van der Waals surface area contributed by atoms with Gasteiger partial charge in [-0.25, -0.2) is 0 Å². The van der Waals surface area contributed by atoms with Gasteiger partial charge in [0, 0.05) is 44.1 Å². The molecular formula is C27H35N5O3. The fourth-order valence-corrected chi connectivity index (χ4v) is 5.83. The zero-order valence-electron chi connectivity index (χ0n) is 20.5. The van der Waals surface area contributed by atoms with Gasteiger partial charge in [0.25, 0.3) is 0 Å². The Balaban J connectivity index is 1.26. The Morgan fingerprint density at radius 2 is 1.69 bits per heavy atom. The molecule has 0 radical (unpaired) electrons. The van der Waals surface area contributed by atoms with Crippen molar-refractivity contribution in [1.29, 1.82) is 0 Å². The van der Waals surface area contributed by atoms with E-state index in [1.165, 1.54) is 12.8 Å². The molecule has 186 valence electrons. The van der Waals surface area contributed by atoms with E-state index in [4.69, 9.17) is 0 Å². The minimum atomic E-state index is -0.654. The van der Waals surface area contributed by atoms with Crippen LogP contribution in [0.25, 0.3) is 0 Å². The standard InChI is InChI=1S/C27H35N5O3/c1-30-12-7-9-22(30)23(31-13-4-2-3-5-14-31)18-28-26(34)27(35)29-21-16-19-8-6-15-32-24(33)11-10-20(17-21)25(19)32/h7,9,12,16-17,23H,2-6,8,10-11,13-15,18H2,1H3,(H,28,34)(H,29,35). The molecule has 1 fully saturated rings. The number of amides is 3. The van der Waals surface area contributed by atoms with Crippen LogP contribution in [0, 0.1) is 0 Å². The molecule has 5 rings (SSSR count). The Morgan fingerprint density at radius 1 is 0.943 bits per heavy atom. The number of benzene rings is 1. The summed E-state index contributed by atoms with van der Waals surface area (Å²) in [7, 11) is 2.02. The molecule has 8 nitrogen and oxygen atoms in total. The van der Waals surface area contributed by atoms with Gasteiger partial charge in [0.2, 0.25) is 5.91 Å². The Bertz CT molecular complexity index is 1100. The van der Waals surface area contributed by atoms with Crippen molar-refractivity contribution >= 4 is 29.1 Å². The molecule has 3 aliphatic heterocycles. The summed E-state index contributed by atoms with van der Waals surface area (Å²) in [5.74, 6) is -1.10. The van der Waals surface area contributed by atoms with Crippen LogP contribution in [0.2, 0.25) is 0 Å². The van der Waals surface area contributed by atoms with E-state index in [0.717, 1.165) is 67.8 Å². The predicted molar refractivity (Wildman–Crippen MR) is 135 cm³/mol. The molecule has 8 heteroatoms. The molecule has 0 bridgehead atoms. The molecule has 0 spiro atoms. The van der Waals surface area contributed by atoms with Crippen molar-refractivity contribution in [3.05, 3.63) is 47.3 Å². The minimum absolute atomic E-state index is 0.0292. The molecule has 1 atom stereocenters. The van der Waals surface area contributed by atoms with Gasteiger partial charge in [-0.15, -0.1) is 0 Å². The molecule has 2 aromatic rings. The SMILES string of the molecule is Cn1cccc1C(CNC(=O)C(=O)Nc1cc2c3c(c1)CCC(=O)N3CCC2)N1CCCCCC1. The number of likely N-dealkylation sites (tertiary alicyclic amines) is 1. The summed E-state index contributed by atoms with van der Waals surface area (Å²) >= 11 is 0. The van der Waals surface area contributed by atoms with Crippen molar-refractivity contribution in [3.63, 3.8) is 0 Å². The number of hydrogen-bond donors (Lipinski definition) is 2. The number of nitrogens with zero attached hydrogens (tertiary/aromatic N) is 3. The van der Waals surface area contributed by atoms with Crippen LogP contribution in [-0.4, -0.2) is 53.4 Å². The Labute approximate surface area is 206 Å². The van der Waals surface area contributed by atoms with Crippen molar-refractivity contribution in [2.45, 2.75) is 57.4 Å². The first-order valence-electron chi connectivity index (χ1n) is 12.9. The van der Waals surface area contributed by atoms with Crippen LogP contribution in [0.5, 0.6) is 0 Å². The van der Waals surface area contributed by atoms with Crippen molar-refractivity contribution < 1.29 is 14.4 Å². The second-order valence-corrected chi connectivity index (χ2v) is 9.97. The monoisotopic (exact) mass is 477 g/mol. The summed E-state index contributed by atoms with van der Waals surface area (Å²) in [4.78, 5) is 42.2. The highest BCUT2D eigenvalue weighted by atomic mass is 16.2. The number of aryl methyl sites for hydroxylation is 3. The van der Waals surface area contributed by atoms with Gasteiger partial charge in [0.1, 0.15) is 0 Å². The molecule has 3 amide bonds. The van der Waals surface area contributed by atoms with E-state index in [-0.39, 0.29) is 11.9 Å². The van der Waals surface area contributed by atoms with Crippen LogP contribution in [0.3, 0.4) is 0 Å². The quantitative estimate of drug-likeness (QED) is 0.649. The predicted octanol–water partition coefficient (Wildman–Crippen LogP) is 2.92. The van der Waals surface area contributed by atoms with Gasteiger partial charge in [-0.3, -0.25) is 19.3 Å². The average molecular weight is 478 g/mol. The summed E-state index contributed by atoms with van der Waals surface area (Å²) in [6.45, 7) is 3.13. The van der Waals surface area contributed by atoms with E-state index in [0.29, 0.717) is 25.1 Å². The zero-order chi connectivity index (χ0) is 24.4. The number of carbonyl (C=O) groups is 3. The molecule has 1 aromatic heterocycles. The second kappa shape index (κ2) is 10.2. The van der Waals surface area contributed by atoms with E-state index < -0.39 is 11.8 Å². The Hall–Kier alpha value is -3.13. The number of carbonyl (C=O) groups excluding carboxylic acids is 3. The number of rotatable bonds is 5. The zero-order valence-corrected chi connectivity index (χ0v) is 20.5. The fraction of sp³-hybridized carbons (Fsp3) is 0.519. The first-order valence-corrected chi connectivity index (χ1v) is 12.9. The van der Waals surface area contributed by atoms with Crippen molar-refractivity contribution in [1.82, 2.24) is 14.8 Å². The third-order valence-electron chi connectivity index (χ3n) is 7.60. The number of nitrogens with one attached hydrogen (secondary N) is 2. The van der Waals surface area contributed by atoms with Crippen LogP contribution in [0.4, 0.5) is 11.4 Å². The first kappa shape index (κ1) is 23.6. The van der Waals surface area contributed by atoms with E-state index in [1.54, 1.807) is 0 Å². The summed E-state index contributed by atoms with van der Waals surface area (Å²) in [6.07, 6.45) is 9.73. The topological polar surface area (TPSA) is 86.7 Å². The lowest BCUT2D eigenvalue weighted by Crippen LogP contribution is -2.43. The summed E-state index contributed by atoms with van der Waals surface area (Å²) in [5.41, 5.74) is 4.92. The lowest BCUT2D eigenvalue weighted by atomic mass is 9.91. The first-order chi connectivity index (χ1) is 17.0. The summed E-state index contributed by atoms with van der Waals surface area (Å²) < 4.78 is 2.09. The third kappa shape index (κ3) is 4.98. The smallest absolute Gasteiger partial charge is 0.313 e. The molecular weight excluding hydrogens is 442 g/mol. The van der Waals surface area contributed by atoms with Gasteiger partial charge >= 0.3 is 11.8 Å². The maximum absolute atomic E-state index is 12.8. The van der Waals surface area contributed by atoms with Crippen LogP contribution < -0.4 is 15.5 Å². The lowest BCUT2D eigenvalue weighted by molar-refractivity contribution is -0.136. The molecule has 4 heterocycles. The number of hydrogen-bond acceptors (Lipinski definition) is 4. The van der Waals surface area contributed by atoms with Gasteiger partial charge in [0.15, 0.2) is 0 Å². The lowest BCUT2D eigenvalue weighted by Gasteiger charge is -2.35. The van der Waals surface area contributed by atoms with Gasteiger partial charge < -0.3 is 20.1 Å². The molecule has 1 unspecified atom stereocenters. The summed E-state index contributed by atoms with van der Waals surface area (Å²) in [5, 5.41) is 5.69. The normalized spacial score (nSPS) is 19.0. The van der Waals surface area contributed by atoms with Gasteiger partial charge in [0.05, 0.1) is 11.7 Å². The van der Waals surface area contributed by atoms with Gasteiger partial charge in [-0.1, -0.05) is 12.8 Å². The fourth-order valence-electron chi connectivity index (χ4n) is 5.83. The van der Waals surface area contributed by atoms with Gasteiger partial charge in [-0.2, -0.15) is 0 Å². The highest BCUT2D eigenvalue weighted by molar-refractivity contribution is 6.39. The molecule has 1 aromatic carbocycles. The van der Waals surface area contributed by atoms with E-state index >= 15 is 0 Å². The van der Waals surface area contributed by atoms with Crippen LogP contribution >= 0.6 is 0 Å². The van der Waals surface area contributed by atoms with E-state index in [1.807, 2.05) is 36.3 Å². The molecule has 0 saturated carbocycles. The Kier molecular flexibility index (Phi) is 6.90. The molecule has 3 aliphatic rings. The Morgan fingerprint density at radius 3 is 2.40 bits per heavy atom. The van der Waals surface area contributed by atoms with Crippen LogP contribution in [0.1, 0.15) is 61.4 Å². The highest BCUT2D eigenvalue weighted by Crippen LogP contribution is 2.37. The second-order valence-electron chi connectivity index (χ2n) is 9.97. The maximum Gasteiger partial charge on any atom is 0.313 e. The van der Waals surface area contributed by atoms with Crippen molar-refractivity contribution in [2.24, 2.45) is 7.05 Å². The largest absolute Gasteiger partial charge is 0.353 e. The van der Waals surface area contributed by atoms with Crippen molar-refractivity contribution in [3.8, 4) is 0 Å². The molecule has 0 aliphatic carbocycles. The van der Waals surface area contributed by atoms with Crippen molar-refractivity contribution in [2.75, 3.05) is 36.4 Å². The highest BCUT2D eigenvalue weighted by Gasteiger charge is 2.30. The molecule has 1 saturated heterocycles. The number of anilines is 2. The van der Waals surface area contributed by atoms with E-state index in [2.05, 4.69) is 26.2 Å². The third-order valence-corrected chi connectivity index (χ3v) is 7.60. The van der Waals surface area contributed by atoms with Gasteiger partial charge in [-0.05, 0) is 80.6 Å². The van der Waals surface area contributed by atoms with Crippen LogP contribution in [0.15, 0.2) is 30.5 Å². The molecule has 2 N–H and O–H groups in total. The maximum atomic E-state index is 12.8.